The summed E-state index contributed by atoms with van der Waals surface area (Å²) < 4.78 is 31.6. The summed E-state index contributed by atoms with van der Waals surface area (Å²) in [6, 6.07) is 2.15. The van der Waals surface area contributed by atoms with Crippen LogP contribution in [-0.4, -0.2) is 27.9 Å². The van der Waals surface area contributed by atoms with E-state index in [9.17, 15) is 13.9 Å². The number of hydrogen-bond acceptors (Lipinski definition) is 5. The Labute approximate surface area is 121 Å². The van der Waals surface area contributed by atoms with E-state index in [-0.39, 0.29) is 16.3 Å². The van der Waals surface area contributed by atoms with Crippen LogP contribution in [0.1, 0.15) is 18.4 Å². The number of nitrogens with zero attached hydrogens (tertiary/aromatic N) is 2. The smallest absolute Gasteiger partial charge is 0.244 e. The molecule has 0 spiro atoms. The molecule has 20 heavy (non-hydrogen) atoms. The highest BCUT2D eigenvalue weighted by atomic mass is 79.9. The van der Waals surface area contributed by atoms with Gasteiger partial charge in [0.1, 0.15) is 0 Å². The fourth-order valence-electron chi connectivity index (χ4n) is 2.09. The number of aliphatic hydroxyl groups excluding tert-OH is 1. The average Bonchev–Trinajstić information content (AvgIpc) is 3.05. The van der Waals surface area contributed by atoms with E-state index in [1.165, 1.54) is 6.07 Å². The Balaban J connectivity index is 1.92. The van der Waals surface area contributed by atoms with Crippen LogP contribution in [0.4, 0.5) is 8.78 Å². The summed E-state index contributed by atoms with van der Waals surface area (Å²) in [7, 11) is 0. The highest BCUT2D eigenvalue weighted by Gasteiger charge is 2.28. The van der Waals surface area contributed by atoms with Crippen LogP contribution in [0.15, 0.2) is 21.1 Å². The molecule has 0 unspecified atom stereocenters. The van der Waals surface area contributed by atoms with Gasteiger partial charge in [-0.3, -0.25) is 0 Å². The molecule has 1 aromatic carbocycles. The number of nitrogens with one attached hydrogen (secondary N) is 1. The highest BCUT2D eigenvalue weighted by molar-refractivity contribution is 9.10. The van der Waals surface area contributed by atoms with Crippen LogP contribution in [0.5, 0.6) is 0 Å². The van der Waals surface area contributed by atoms with Crippen molar-refractivity contribution in [1.29, 1.82) is 0 Å². The molecule has 0 amide bonds. The summed E-state index contributed by atoms with van der Waals surface area (Å²) in [6.45, 7) is 0.456. The van der Waals surface area contributed by atoms with Crippen LogP contribution >= 0.6 is 15.9 Å². The van der Waals surface area contributed by atoms with E-state index >= 15 is 0 Å². The van der Waals surface area contributed by atoms with Crippen molar-refractivity contribution in [3.05, 3.63) is 34.1 Å². The standard InChI is InChI=1S/C12H10BrF2N3O2/c13-9-6(1-2-7(14)10(9)15)11-17-12(20-18-11)8-3-5(19)4-16-8/h1-2,5,8,16,19H,3-4H2/t5-,8+/m1/s1. The lowest BCUT2D eigenvalue weighted by atomic mass is 10.2. The van der Waals surface area contributed by atoms with Crippen molar-refractivity contribution in [2.45, 2.75) is 18.6 Å². The number of aliphatic hydroxyl groups is 1. The molecule has 0 radical (unpaired) electrons. The molecule has 1 saturated heterocycles. The Bertz CT molecular complexity index is 650. The van der Waals surface area contributed by atoms with E-state index in [0.717, 1.165) is 6.07 Å². The molecule has 0 aliphatic carbocycles. The molecule has 2 aromatic rings. The number of rotatable bonds is 2. The summed E-state index contributed by atoms with van der Waals surface area (Å²) in [4.78, 5) is 4.16. The SMILES string of the molecule is O[C@H]1CN[C@H](c2nc(-c3ccc(F)c(F)c3Br)no2)C1. The van der Waals surface area contributed by atoms with Crippen molar-refractivity contribution < 1.29 is 18.4 Å². The van der Waals surface area contributed by atoms with E-state index < -0.39 is 17.7 Å². The monoisotopic (exact) mass is 345 g/mol. The van der Waals surface area contributed by atoms with Gasteiger partial charge in [-0.2, -0.15) is 4.98 Å². The van der Waals surface area contributed by atoms with Gasteiger partial charge in [0, 0.05) is 12.1 Å². The maximum absolute atomic E-state index is 13.5. The zero-order valence-corrected chi connectivity index (χ0v) is 11.7. The minimum atomic E-state index is -0.997. The van der Waals surface area contributed by atoms with E-state index in [2.05, 4.69) is 31.4 Å². The summed E-state index contributed by atoms with van der Waals surface area (Å²) in [5.74, 6) is -1.48. The Hall–Kier alpha value is -1.38. The quantitative estimate of drug-likeness (QED) is 0.816. The number of hydrogen-bond donors (Lipinski definition) is 2. The number of aromatic nitrogens is 2. The van der Waals surface area contributed by atoms with Crippen LogP contribution in [0.2, 0.25) is 0 Å². The van der Waals surface area contributed by atoms with Gasteiger partial charge in [0.15, 0.2) is 11.6 Å². The first kappa shape index (κ1) is 13.6. The predicted molar refractivity (Wildman–Crippen MR) is 68.7 cm³/mol. The molecule has 0 saturated carbocycles. The Morgan fingerprint density at radius 3 is 2.90 bits per heavy atom. The van der Waals surface area contributed by atoms with Crippen molar-refractivity contribution in [3.63, 3.8) is 0 Å². The fourth-order valence-corrected chi connectivity index (χ4v) is 2.59. The van der Waals surface area contributed by atoms with Gasteiger partial charge >= 0.3 is 0 Å². The molecule has 8 heteroatoms. The molecule has 5 nitrogen and oxygen atoms in total. The highest BCUT2D eigenvalue weighted by Crippen LogP contribution is 2.31. The zero-order valence-electron chi connectivity index (χ0n) is 10.1. The van der Waals surface area contributed by atoms with Gasteiger partial charge in [0.25, 0.3) is 0 Å². The van der Waals surface area contributed by atoms with Gasteiger partial charge in [-0.15, -0.1) is 0 Å². The third-order valence-corrected chi connectivity index (χ3v) is 3.90. The Morgan fingerprint density at radius 2 is 2.20 bits per heavy atom. The van der Waals surface area contributed by atoms with Crippen LogP contribution in [0.25, 0.3) is 11.4 Å². The molecule has 1 aromatic heterocycles. The van der Waals surface area contributed by atoms with E-state index in [4.69, 9.17) is 4.52 Å². The van der Waals surface area contributed by atoms with Crippen molar-refractivity contribution in [3.8, 4) is 11.4 Å². The van der Waals surface area contributed by atoms with Crippen molar-refractivity contribution >= 4 is 15.9 Å². The summed E-state index contributed by atoms with van der Waals surface area (Å²) in [5, 5.41) is 16.2. The lowest BCUT2D eigenvalue weighted by molar-refractivity contribution is 0.191. The first-order chi connectivity index (χ1) is 9.56. The summed E-state index contributed by atoms with van der Waals surface area (Å²) in [5.41, 5.74) is 0.303. The lowest BCUT2D eigenvalue weighted by Gasteiger charge is -2.02. The van der Waals surface area contributed by atoms with Gasteiger partial charge in [0.2, 0.25) is 11.7 Å². The lowest BCUT2D eigenvalue weighted by Crippen LogP contribution is -2.15. The minimum Gasteiger partial charge on any atom is -0.392 e. The van der Waals surface area contributed by atoms with Crippen LogP contribution in [0.3, 0.4) is 0 Å². The fraction of sp³-hybridized carbons (Fsp3) is 0.333. The minimum absolute atomic E-state index is 0.0516. The number of benzene rings is 1. The largest absolute Gasteiger partial charge is 0.392 e. The normalized spacial score (nSPS) is 22.4. The third-order valence-electron chi connectivity index (χ3n) is 3.12. The Morgan fingerprint density at radius 1 is 1.40 bits per heavy atom. The maximum Gasteiger partial charge on any atom is 0.244 e. The molecular formula is C12H10BrF2N3O2. The van der Waals surface area contributed by atoms with Gasteiger partial charge in [-0.05, 0) is 34.5 Å². The molecule has 2 heterocycles. The van der Waals surface area contributed by atoms with Gasteiger partial charge in [0.05, 0.1) is 16.6 Å². The molecule has 2 N–H and O–H groups in total. The van der Waals surface area contributed by atoms with E-state index in [1.807, 2.05) is 0 Å². The van der Waals surface area contributed by atoms with Gasteiger partial charge in [-0.25, -0.2) is 8.78 Å². The van der Waals surface area contributed by atoms with Crippen LogP contribution in [-0.2, 0) is 0 Å². The second kappa shape index (κ2) is 5.19. The molecule has 106 valence electrons. The molecule has 1 aliphatic heterocycles. The topological polar surface area (TPSA) is 71.2 Å². The molecule has 2 atom stereocenters. The summed E-state index contributed by atoms with van der Waals surface area (Å²) >= 11 is 2.98. The predicted octanol–water partition coefficient (Wildman–Crippen LogP) is 2.17. The zero-order chi connectivity index (χ0) is 14.3. The molecule has 0 bridgehead atoms. The van der Waals surface area contributed by atoms with E-state index in [1.54, 1.807) is 0 Å². The average molecular weight is 346 g/mol. The third kappa shape index (κ3) is 2.34. The number of β-amino-alcohol motifs (C(OH)–C–C–N with tert-alkyl or cyclic N) is 1. The van der Waals surface area contributed by atoms with Gasteiger partial charge in [-0.1, -0.05) is 5.16 Å². The van der Waals surface area contributed by atoms with Crippen molar-refractivity contribution in [2.75, 3.05) is 6.54 Å². The first-order valence-electron chi connectivity index (χ1n) is 5.95. The maximum atomic E-state index is 13.5. The van der Waals surface area contributed by atoms with Crippen LogP contribution in [0, 0.1) is 11.6 Å². The van der Waals surface area contributed by atoms with Gasteiger partial charge < -0.3 is 14.9 Å². The second-order valence-electron chi connectivity index (χ2n) is 4.53. The molecule has 1 aliphatic rings. The first-order valence-corrected chi connectivity index (χ1v) is 6.74. The van der Waals surface area contributed by atoms with Crippen LogP contribution < -0.4 is 5.32 Å². The van der Waals surface area contributed by atoms with Crippen molar-refractivity contribution in [2.24, 2.45) is 0 Å². The Kier molecular flexibility index (Phi) is 3.53. The van der Waals surface area contributed by atoms with E-state index in [0.29, 0.717) is 24.4 Å². The molecule has 3 rings (SSSR count). The number of halogens is 3. The second-order valence-corrected chi connectivity index (χ2v) is 5.32. The van der Waals surface area contributed by atoms with Crippen molar-refractivity contribution in [1.82, 2.24) is 15.5 Å². The molecular weight excluding hydrogens is 336 g/mol. The summed E-state index contributed by atoms with van der Waals surface area (Å²) in [6.07, 6.45) is 0.0194. The molecule has 1 fully saturated rings.